The highest BCUT2D eigenvalue weighted by atomic mass is 19.1. The molecule has 1 aliphatic heterocycles. The summed E-state index contributed by atoms with van der Waals surface area (Å²) in [5, 5.41) is 2.47. The molecule has 1 fully saturated rings. The van der Waals surface area contributed by atoms with Gasteiger partial charge < -0.3 is 24.4 Å². The summed E-state index contributed by atoms with van der Waals surface area (Å²) in [6.07, 6.45) is -0.702. The van der Waals surface area contributed by atoms with Crippen LogP contribution >= 0.6 is 0 Å². The first-order valence-electron chi connectivity index (χ1n) is 11.4. The predicted octanol–water partition coefficient (Wildman–Crippen LogP) is 4.36. The van der Waals surface area contributed by atoms with Crippen molar-refractivity contribution >= 4 is 12.0 Å². The molecule has 4 rings (SSSR count). The third kappa shape index (κ3) is 6.16. The van der Waals surface area contributed by atoms with E-state index in [1.165, 1.54) is 17.0 Å². The lowest BCUT2D eigenvalue weighted by Crippen LogP contribution is -2.46. The second kappa shape index (κ2) is 11.0. The molecule has 0 spiro atoms. The van der Waals surface area contributed by atoms with Gasteiger partial charge in [0.15, 0.2) is 5.72 Å². The lowest BCUT2D eigenvalue weighted by atomic mass is 10.0. The third-order valence-electron chi connectivity index (χ3n) is 5.64. The van der Waals surface area contributed by atoms with Crippen LogP contribution in [0.5, 0.6) is 5.75 Å². The van der Waals surface area contributed by atoms with Gasteiger partial charge in [0.1, 0.15) is 37.9 Å². The summed E-state index contributed by atoms with van der Waals surface area (Å²) < 4.78 is 31.1. The molecule has 0 aliphatic carbocycles. The highest BCUT2D eigenvalue weighted by molar-refractivity contribution is 5.83. The Hall–Kier alpha value is -3.91. The average Bonchev–Trinajstić information content (AvgIpc) is 3.68. The maximum Gasteiger partial charge on any atom is 0.407 e. The second-order valence-electron chi connectivity index (χ2n) is 8.08. The van der Waals surface area contributed by atoms with Gasteiger partial charge in [-0.3, -0.25) is 4.79 Å². The van der Waals surface area contributed by atoms with Gasteiger partial charge in [-0.2, -0.15) is 0 Å². The van der Waals surface area contributed by atoms with Crippen molar-refractivity contribution in [3.8, 4) is 5.75 Å². The number of alkyl carbamates (subject to hydrolysis) is 1. The fourth-order valence-electron chi connectivity index (χ4n) is 3.81. The molecule has 7 nitrogen and oxygen atoms in total. The average molecular weight is 479 g/mol. The highest BCUT2D eigenvalue weighted by Crippen LogP contribution is 2.43. The number of carbonyl (C=O) groups excluding carboxylic acids is 2. The lowest BCUT2D eigenvalue weighted by molar-refractivity contribution is -0.136. The van der Waals surface area contributed by atoms with E-state index in [2.05, 4.69) is 5.32 Å². The number of rotatable bonds is 10. The molecular formula is C27H27FN2O5. The van der Waals surface area contributed by atoms with E-state index in [1.807, 2.05) is 60.7 Å². The van der Waals surface area contributed by atoms with Crippen molar-refractivity contribution in [1.29, 1.82) is 0 Å². The summed E-state index contributed by atoms with van der Waals surface area (Å²) >= 11 is 0. The summed E-state index contributed by atoms with van der Waals surface area (Å²) in [4.78, 5) is 26.5. The zero-order valence-electron chi connectivity index (χ0n) is 19.4. The highest BCUT2D eigenvalue weighted by Gasteiger charge is 2.53. The van der Waals surface area contributed by atoms with E-state index in [4.69, 9.17) is 14.2 Å². The number of benzene rings is 3. The first-order chi connectivity index (χ1) is 17.0. The van der Waals surface area contributed by atoms with Crippen molar-refractivity contribution in [2.24, 2.45) is 0 Å². The largest absolute Gasteiger partial charge is 0.489 e. The summed E-state index contributed by atoms with van der Waals surface area (Å²) in [7, 11) is 0. The first kappa shape index (κ1) is 24.2. The molecule has 1 unspecified atom stereocenters. The van der Waals surface area contributed by atoms with Gasteiger partial charge in [-0.25, -0.2) is 9.18 Å². The van der Waals surface area contributed by atoms with Gasteiger partial charge in [0.25, 0.3) is 0 Å². The van der Waals surface area contributed by atoms with Gasteiger partial charge in [-0.1, -0.05) is 60.7 Å². The van der Waals surface area contributed by atoms with Crippen LogP contribution in [0.4, 0.5) is 9.18 Å². The van der Waals surface area contributed by atoms with Crippen LogP contribution in [0.25, 0.3) is 0 Å². The Kier molecular flexibility index (Phi) is 7.62. The number of hydrogen-bond acceptors (Lipinski definition) is 5. The summed E-state index contributed by atoms with van der Waals surface area (Å²) in [5.74, 6) is -0.533. The Morgan fingerprint density at radius 1 is 1.00 bits per heavy atom. The van der Waals surface area contributed by atoms with Gasteiger partial charge in [-0.15, -0.1) is 0 Å². The number of carbonyl (C=O) groups is 2. The monoisotopic (exact) mass is 478 g/mol. The molecule has 1 saturated heterocycles. The molecule has 8 heteroatoms. The van der Waals surface area contributed by atoms with E-state index >= 15 is 0 Å². The van der Waals surface area contributed by atoms with Gasteiger partial charge in [-0.05, 0) is 30.2 Å². The molecule has 3 aromatic carbocycles. The molecule has 2 amide bonds. The Morgan fingerprint density at radius 2 is 1.63 bits per heavy atom. The van der Waals surface area contributed by atoms with Crippen LogP contribution in [0, 0.1) is 5.82 Å². The van der Waals surface area contributed by atoms with Crippen LogP contribution in [0.3, 0.4) is 0 Å². The molecular weight excluding hydrogens is 451 g/mol. The van der Waals surface area contributed by atoms with Gasteiger partial charge in [0.2, 0.25) is 5.91 Å². The van der Waals surface area contributed by atoms with Crippen molar-refractivity contribution < 1.29 is 28.2 Å². The fourth-order valence-corrected chi connectivity index (χ4v) is 3.81. The number of hydrogen-bond donors (Lipinski definition) is 1. The SMILES string of the molecule is CCN(C(=O)CNC(=O)OCc1ccccc1)C1(c2cc(F)cc(OCc3ccccc3)c2)CO1. The van der Waals surface area contributed by atoms with Crippen molar-refractivity contribution in [3.05, 3.63) is 101 Å². The third-order valence-corrected chi connectivity index (χ3v) is 5.64. The van der Waals surface area contributed by atoms with E-state index in [1.54, 1.807) is 13.0 Å². The van der Waals surface area contributed by atoms with Crippen molar-refractivity contribution in [3.63, 3.8) is 0 Å². The molecule has 0 saturated carbocycles. The first-order valence-corrected chi connectivity index (χ1v) is 11.4. The maximum atomic E-state index is 14.4. The number of likely N-dealkylation sites (N-methyl/N-ethyl adjacent to an activating group) is 1. The molecule has 0 bridgehead atoms. The summed E-state index contributed by atoms with van der Waals surface area (Å²) in [5.41, 5.74) is 1.16. The molecule has 0 radical (unpaired) electrons. The van der Waals surface area contributed by atoms with Crippen molar-refractivity contribution in [1.82, 2.24) is 10.2 Å². The minimum Gasteiger partial charge on any atom is -0.489 e. The molecule has 182 valence electrons. The van der Waals surface area contributed by atoms with E-state index in [9.17, 15) is 14.0 Å². The van der Waals surface area contributed by atoms with E-state index in [-0.39, 0.29) is 32.3 Å². The minimum atomic E-state index is -1.10. The Labute approximate surface area is 203 Å². The van der Waals surface area contributed by atoms with Crippen LogP contribution in [-0.2, 0) is 33.2 Å². The smallest absolute Gasteiger partial charge is 0.407 e. The van der Waals surface area contributed by atoms with Crippen molar-refractivity contribution in [2.45, 2.75) is 25.9 Å². The van der Waals surface area contributed by atoms with E-state index < -0.39 is 17.6 Å². The zero-order chi connectivity index (χ0) is 24.7. The number of nitrogens with zero attached hydrogens (tertiary/aromatic N) is 1. The van der Waals surface area contributed by atoms with Crippen LogP contribution < -0.4 is 10.1 Å². The quantitative estimate of drug-likeness (QED) is 0.438. The second-order valence-corrected chi connectivity index (χ2v) is 8.08. The van der Waals surface area contributed by atoms with Crippen LogP contribution in [-0.4, -0.2) is 36.6 Å². The van der Waals surface area contributed by atoms with Crippen LogP contribution in [0.1, 0.15) is 23.6 Å². The molecule has 0 aromatic heterocycles. The van der Waals surface area contributed by atoms with E-state index in [0.717, 1.165) is 11.1 Å². The molecule has 1 heterocycles. The number of amides is 2. The number of nitrogens with one attached hydrogen (secondary N) is 1. The Morgan fingerprint density at radius 3 is 2.23 bits per heavy atom. The number of epoxide rings is 1. The summed E-state index contributed by atoms with van der Waals surface area (Å²) in [6, 6.07) is 23.1. The molecule has 1 N–H and O–H groups in total. The molecule has 3 aromatic rings. The van der Waals surface area contributed by atoms with Gasteiger partial charge in [0, 0.05) is 18.2 Å². The lowest BCUT2D eigenvalue weighted by Gasteiger charge is -2.29. The maximum absolute atomic E-state index is 14.4. The molecule has 35 heavy (non-hydrogen) atoms. The fraction of sp³-hybridized carbons (Fsp3) is 0.259. The molecule has 1 atom stereocenters. The van der Waals surface area contributed by atoms with E-state index in [0.29, 0.717) is 17.9 Å². The van der Waals surface area contributed by atoms with Crippen LogP contribution in [0.2, 0.25) is 0 Å². The zero-order valence-corrected chi connectivity index (χ0v) is 19.4. The number of ether oxygens (including phenoxy) is 3. The van der Waals surface area contributed by atoms with Gasteiger partial charge in [0.05, 0.1) is 0 Å². The topological polar surface area (TPSA) is 80.4 Å². The standard InChI is InChI=1S/C27H27FN2O5/c1-2-30(25(31)16-29-26(32)34-18-21-11-7-4-8-12-21)27(19-35-27)22-13-23(28)15-24(14-22)33-17-20-9-5-3-6-10-20/h3-15H,2,16-19H2,1H3,(H,29,32). The molecule has 1 aliphatic rings. The number of halogens is 1. The Bertz CT molecular complexity index is 1150. The predicted molar refractivity (Wildman–Crippen MR) is 127 cm³/mol. The normalized spacial score (nSPS) is 16.3. The Balaban J connectivity index is 1.38. The van der Waals surface area contributed by atoms with Crippen molar-refractivity contribution in [2.75, 3.05) is 19.7 Å². The van der Waals surface area contributed by atoms with Gasteiger partial charge >= 0.3 is 6.09 Å². The minimum absolute atomic E-state index is 0.0977. The summed E-state index contributed by atoms with van der Waals surface area (Å²) in [6.45, 7) is 2.41. The van der Waals surface area contributed by atoms with Crippen LogP contribution in [0.15, 0.2) is 78.9 Å².